The second-order valence-electron chi connectivity index (χ2n) is 7.05. The van der Waals surface area contributed by atoms with Crippen LogP contribution in [0.15, 0.2) is 35.1 Å². The van der Waals surface area contributed by atoms with E-state index in [2.05, 4.69) is 41.2 Å². The van der Waals surface area contributed by atoms with Gasteiger partial charge in [-0.1, -0.05) is 29.8 Å². The van der Waals surface area contributed by atoms with Gasteiger partial charge in [0.25, 0.3) is 5.56 Å². The van der Waals surface area contributed by atoms with Crippen molar-refractivity contribution < 1.29 is 4.79 Å². The van der Waals surface area contributed by atoms with E-state index in [0.29, 0.717) is 13.1 Å². The summed E-state index contributed by atoms with van der Waals surface area (Å²) in [5.74, 6) is -0.0435. The molecule has 138 valence electrons. The van der Waals surface area contributed by atoms with Crippen LogP contribution in [0, 0.1) is 20.8 Å². The first-order chi connectivity index (χ1) is 12.4. The van der Waals surface area contributed by atoms with Gasteiger partial charge in [-0.25, -0.2) is 4.68 Å². The van der Waals surface area contributed by atoms with Crippen molar-refractivity contribution >= 4 is 5.91 Å². The van der Waals surface area contributed by atoms with Crippen molar-refractivity contribution in [3.05, 3.63) is 63.1 Å². The predicted molar refractivity (Wildman–Crippen MR) is 101 cm³/mol. The normalized spacial score (nSPS) is 15.3. The number of aromatic nitrogens is 2. The van der Waals surface area contributed by atoms with Crippen LogP contribution in [0.2, 0.25) is 0 Å². The molecule has 0 unspecified atom stereocenters. The third kappa shape index (κ3) is 4.38. The van der Waals surface area contributed by atoms with Gasteiger partial charge >= 0.3 is 0 Å². The summed E-state index contributed by atoms with van der Waals surface area (Å²) < 4.78 is 1.27. The van der Waals surface area contributed by atoms with Gasteiger partial charge in [0.2, 0.25) is 5.91 Å². The van der Waals surface area contributed by atoms with E-state index in [1.807, 2.05) is 18.7 Å². The molecule has 0 aliphatic carbocycles. The van der Waals surface area contributed by atoms with E-state index in [1.165, 1.54) is 21.9 Å². The number of piperazine rings is 1. The molecule has 0 spiro atoms. The molecule has 1 aromatic heterocycles. The molecule has 1 aromatic carbocycles. The highest BCUT2D eigenvalue weighted by Crippen LogP contribution is 2.10. The van der Waals surface area contributed by atoms with Gasteiger partial charge in [-0.15, -0.1) is 0 Å². The lowest BCUT2D eigenvalue weighted by Crippen LogP contribution is -2.49. The molecular weight excluding hydrogens is 328 g/mol. The number of amides is 1. The number of rotatable bonds is 4. The Bertz CT molecular complexity index is 851. The summed E-state index contributed by atoms with van der Waals surface area (Å²) in [6.45, 7) is 9.77. The van der Waals surface area contributed by atoms with E-state index in [1.54, 1.807) is 0 Å². The predicted octanol–water partition coefficient (Wildman–Crippen LogP) is 1.51. The quantitative estimate of drug-likeness (QED) is 0.835. The van der Waals surface area contributed by atoms with Crippen LogP contribution >= 0.6 is 0 Å². The molecule has 1 aliphatic rings. The standard InChI is InChI=1S/C20H26N4O2/c1-15-5-4-6-18(11-15)13-22-7-9-23(10-8-22)20(26)14-24-19(25)12-16(2)17(3)21-24/h4-6,11-12H,7-10,13-14H2,1-3H3. The van der Waals surface area contributed by atoms with Crippen LogP contribution in [0.25, 0.3) is 0 Å². The van der Waals surface area contributed by atoms with Crippen LogP contribution in [0.4, 0.5) is 0 Å². The average Bonchev–Trinajstić information content (AvgIpc) is 2.60. The Labute approximate surface area is 154 Å². The van der Waals surface area contributed by atoms with Crippen LogP contribution in [0.5, 0.6) is 0 Å². The highest BCUT2D eigenvalue weighted by molar-refractivity contribution is 5.76. The molecule has 1 amide bonds. The lowest BCUT2D eigenvalue weighted by Gasteiger charge is -2.34. The second-order valence-corrected chi connectivity index (χ2v) is 7.05. The number of benzene rings is 1. The number of hydrogen-bond donors (Lipinski definition) is 0. The molecule has 0 saturated carbocycles. The maximum Gasteiger partial charge on any atom is 0.267 e. The molecule has 1 fully saturated rings. The monoisotopic (exact) mass is 354 g/mol. The fourth-order valence-corrected chi connectivity index (χ4v) is 3.24. The molecule has 1 saturated heterocycles. The van der Waals surface area contributed by atoms with Crippen molar-refractivity contribution in [2.24, 2.45) is 0 Å². The van der Waals surface area contributed by atoms with E-state index in [0.717, 1.165) is 30.9 Å². The maximum atomic E-state index is 12.5. The number of nitrogens with zero attached hydrogens (tertiary/aromatic N) is 4. The third-order valence-electron chi connectivity index (χ3n) is 4.93. The molecule has 6 nitrogen and oxygen atoms in total. The molecule has 1 aliphatic heterocycles. The minimum Gasteiger partial charge on any atom is -0.339 e. The Hall–Kier alpha value is -2.47. The number of aryl methyl sites for hydroxylation is 3. The van der Waals surface area contributed by atoms with E-state index >= 15 is 0 Å². The lowest BCUT2D eigenvalue weighted by molar-refractivity contribution is -0.133. The number of carbonyl (C=O) groups excluding carboxylic acids is 1. The van der Waals surface area contributed by atoms with Crippen molar-refractivity contribution in [3.8, 4) is 0 Å². The van der Waals surface area contributed by atoms with Crippen LogP contribution in [0.3, 0.4) is 0 Å². The Balaban J connectivity index is 1.55. The number of hydrogen-bond acceptors (Lipinski definition) is 4. The molecule has 26 heavy (non-hydrogen) atoms. The topological polar surface area (TPSA) is 58.4 Å². The smallest absolute Gasteiger partial charge is 0.267 e. The molecule has 0 radical (unpaired) electrons. The fraction of sp³-hybridized carbons (Fsp3) is 0.450. The largest absolute Gasteiger partial charge is 0.339 e. The van der Waals surface area contributed by atoms with Crippen LogP contribution in [-0.2, 0) is 17.9 Å². The molecule has 2 heterocycles. The molecule has 0 bridgehead atoms. The van der Waals surface area contributed by atoms with Gasteiger partial charge in [-0.3, -0.25) is 14.5 Å². The zero-order chi connectivity index (χ0) is 18.7. The van der Waals surface area contributed by atoms with Crippen molar-refractivity contribution in [2.45, 2.75) is 33.9 Å². The Morgan fingerprint density at radius 3 is 2.50 bits per heavy atom. The van der Waals surface area contributed by atoms with Crippen LogP contribution in [0.1, 0.15) is 22.4 Å². The average molecular weight is 354 g/mol. The zero-order valence-electron chi connectivity index (χ0n) is 15.7. The van der Waals surface area contributed by atoms with E-state index in [-0.39, 0.29) is 18.0 Å². The van der Waals surface area contributed by atoms with E-state index in [4.69, 9.17) is 0 Å². The molecule has 2 aromatic rings. The molecule has 0 N–H and O–H groups in total. The minimum absolute atomic E-state index is 0.0117. The highest BCUT2D eigenvalue weighted by Gasteiger charge is 2.22. The zero-order valence-corrected chi connectivity index (χ0v) is 15.7. The summed E-state index contributed by atoms with van der Waals surface area (Å²) in [6.07, 6.45) is 0. The minimum atomic E-state index is -0.223. The maximum absolute atomic E-state index is 12.5. The van der Waals surface area contributed by atoms with Crippen molar-refractivity contribution in [1.82, 2.24) is 19.6 Å². The number of carbonyl (C=O) groups is 1. The Morgan fingerprint density at radius 1 is 1.08 bits per heavy atom. The SMILES string of the molecule is Cc1cccc(CN2CCN(C(=O)Cn3nc(C)c(C)cc3=O)CC2)c1. The van der Waals surface area contributed by atoms with Crippen molar-refractivity contribution in [2.75, 3.05) is 26.2 Å². The van der Waals surface area contributed by atoms with Gasteiger partial charge in [-0.2, -0.15) is 5.10 Å². The second kappa shape index (κ2) is 7.83. The van der Waals surface area contributed by atoms with Gasteiger partial charge in [0.05, 0.1) is 5.69 Å². The van der Waals surface area contributed by atoms with Crippen molar-refractivity contribution in [1.29, 1.82) is 0 Å². The first kappa shape index (κ1) is 18.3. The summed E-state index contributed by atoms with van der Waals surface area (Å²) in [5, 5.41) is 4.23. The molecule has 6 heteroatoms. The van der Waals surface area contributed by atoms with E-state index in [9.17, 15) is 9.59 Å². The first-order valence-electron chi connectivity index (χ1n) is 9.03. The van der Waals surface area contributed by atoms with E-state index < -0.39 is 0 Å². The molecule has 3 rings (SSSR count). The van der Waals surface area contributed by atoms with Crippen molar-refractivity contribution in [3.63, 3.8) is 0 Å². The highest BCUT2D eigenvalue weighted by atomic mass is 16.2. The van der Waals surface area contributed by atoms with Gasteiger partial charge in [0.1, 0.15) is 6.54 Å². The van der Waals surface area contributed by atoms with Crippen LogP contribution < -0.4 is 5.56 Å². The molecule has 0 atom stereocenters. The van der Waals surface area contributed by atoms with Gasteiger partial charge in [0.15, 0.2) is 0 Å². The Kier molecular flexibility index (Phi) is 5.52. The summed E-state index contributed by atoms with van der Waals surface area (Å²) in [5.41, 5.74) is 3.97. The van der Waals surface area contributed by atoms with Gasteiger partial charge in [-0.05, 0) is 31.9 Å². The van der Waals surface area contributed by atoms with Gasteiger partial charge < -0.3 is 4.90 Å². The fourth-order valence-electron chi connectivity index (χ4n) is 3.24. The summed E-state index contributed by atoms with van der Waals surface area (Å²) in [7, 11) is 0. The van der Waals surface area contributed by atoms with Crippen LogP contribution in [-0.4, -0.2) is 51.7 Å². The Morgan fingerprint density at radius 2 is 1.81 bits per heavy atom. The molecular formula is C20H26N4O2. The van der Waals surface area contributed by atoms with Gasteiger partial charge in [0, 0.05) is 38.8 Å². The lowest BCUT2D eigenvalue weighted by atomic mass is 10.1. The summed E-state index contributed by atoms with van der Waals surface area (Å²) >= 11 is 0. The third-order valence-corrected chi connectivity index (χ3v) is 4.93. The summed E-state index contributed by atoms with van der Waals surface area (Å²) in [6, 6.07) is 10.1. The first-order valence-corrected chi connectivity index (χ1v) is 9.03. The summed E-state index contributed by atoms with van der Waals surface area (Å²) in [4.78, 5) is 28.7.